The predicted octanol–water partition coefficient (Wildman–Crippen LogP) is 4.44. The molecule has 2 aromatic carbocycles. The summed E-state index contributed by atoms with van der Waals surface area (Å²) in [5.41, 5.74) is 4.58. The van der Waals surface area contributed by atoms with Crippen LogP contribution < -0.4 is 10.9 Å². The molecule has 1 N–H and O–H groups in total. The van der Waals surface area contributed by atoms with Crippen LogP contribution in [0.25, 0.3) is 11.0 Å². The zero-order valence-electron chi connectivity index (χ0n) is 16.4. The highest BCUT2D eigenvalue weighted by molar-refractivity contribution is 6.32. The van der Waals surface area contributed by atoms with Crippen molar-refractivity contribution in [2.75, 3.05) is 18.9 Å². The van der Waals surface area contributed by atoms with Gasteiger partial charge in [-0.05, 0) is 62.2 Å². The Hall–Kier alpha value is -2.63. The molecule has 3 rings (SSSR count). The van der Waals surface area contributed by atoms with E-state index in [1.165, 1.54) is 6.07 Å². The van der Waals surface area contributed by atoms with E-state index >= 15 is 0 Å². The van der Waals surface area contributed by atoms with Crippen LogP contribution in [0.5, 0.6) is 0 Å². The van der Waals surface area contributed by atoms with E-state index in [0.717, 1.165) is 33.3 Å². The lowest BCUT2D eigenvalue weighted by atomic mass is 10.1. The Labute approximate surface area is 168 Å². The van der Waals surface area contributed by atoms with Gasteiger partial charge in [-0.25, -0.2) is 4.79 Å². The number of anilines is 1. The van der Waals surface area contributed by atoms with Crippen LogP contribution in [0.3, 0.4) is 0 Å². The lowest BCUT2D eigenvalue weighted by Crippen LogP contribution is -2.30. The Morgan fingerprint density at radius 3 is 2.46 bits per heavy atom. The van der Waals surface area contributed by atoms with Crippen molar-refractivity contribution in [3.8, 4) is 0 Å². The second kappa shape index (κ2) is 8.17. The first-order valence-corrected chi connectivity index (χ1v) is 9.40. The summed E-state index contributed by atoms with van der Waals surface area (Å²) in [6, 6.07) is 10.9. The maximum Gasteiger partial charge on any atom is 0.336 e. The number of para-hydroxylation sites is 1. The van der Waals surface area contributed by atoms with Gasteiger partial charge in [-0.1, -0.05) is 29.8 Å². The molecule has 0 fully saturated rings. The summed E-state index contributed by atoms with van der Waals surface area (Å²) in [5.74, 6) is -0.110. The normalized spacial score (nSPS) is 11.2. The second-order valence-corrected chi connectivity index (χ2v) is 7.58. The van der Waals surface area contributed by atoms with Crippen molar-refractivity contribution in [3.05, 3.63) is 74.1 Å². The third-order valence-electron chi connectivity index (χ3n) is 4.71. The number of hydrogen-bond donors (Lipinski definition) is 1. The van der Waals surface area contributed by atoms with Gasteiger partial charge in [0.15, 0.2) is 0 Å². The minimum absolute atomic E-state index is 0.110. The van der Waals surface area contributed by atoms with Crippen LogP contribution in [0.2, 0.25) is 5.02 Å². The quantitative estimate of drug-likeness (QED) is 0.645. The SMILES string of the molecule is Cc1cc2oc(=O)cc(CN(C)CC(=O)Nc3c(C)cccc3C)c2cc1Cl. The van der Waals surface area contributed by atoms with Crippen LogP contribution >= 0.6 is 11.6 Å². The van der Waals surface area contributed by atoms with Gasteiger partial charge in [0, 0.05) is 28.7 Å². The Bertz CT molecular complexity index is 1080. The van der Waals surface area contributed by atoms with E-state index in [0.29, 0.717) is 17.2 Å². The number of nitrogens with one attached hydrogen (secondary N) is 1. The summed E-state index contributed by atoms with van der Waals surface area (Å²) in [7, 11) is 1.83. The summed E-state index contributed by atoms with van der Waals surface area (Å²) >= 11 is 6.24. The summed E-state index contributed by atoms with van der Waals surface area (Å²) in [6.07, 6.45) is 0. The molecular formula is C22H23ClN2O3. The zero-order valence-corrected chi connectivity index (χ0v) is 17.2. The number of benzene rings is 2. The highest BCUT2D eigenvalue weighted by Crippen LogP contribution is 2.26. The van der Waals surface area contributed by atoms with Crippen LogP contribution in [0, 0.1) is 20.8 Å². The first kappa shape index (κ1) is 20.1. The molecule has 1 heterocycles. The fourth-order valence-electron chi connectivity index (χ4n) is 3.26. The van der Waals surface area contributed by atoms with Gasteiger partial charge in [0.25, 0.3) is 0 Å². The average Bonchev–Trinajstić information content (AvgIpc) is 2.60. The molecule has 6 heteroatoms. The Balaban J connectivity index is 1.78. The maximum atomic E-state index is 12.5. The standard InChI is InChI=1S/C22H23ClN2O3/c1-13-6-5-7-14(2)22(13)24-20(26)12-25(4)11-16-9-21(27)28-19-8-15(3)18(23)10-17(16)19/h5-10H,11-12H2,1-4H3,(H,24,26). The highest BCUT2D eigenvalue weighted by Gasteiger charge is 2.14. The van der Waals surface area contributed by atoms with E-state index in [9.17, 15) is 9.59 Å². The van der Waals surface area contributed by atoms with Crippen molar-refractivity contribution < 1.29 is 9.21 Å². The molecule has 1 amide bonds. The molecule has 0 saturated heterocycles. The van der Waals surface area contributed by atoms with Crippen LogP contribution in [-0.2, 0) is 11.3 Å². The molecular weight excluding hydrogens is 376 g/mol. The van der Waals surface area contributed by atoms with Crippen LogP contribution in [0.15, 0.2) is 45.6 Å². The van der Waals surface area contributed by atoms with Crippen molar-refractivity contribution >= 4 is 34.2 Å². The number of rotatable bonds is 5. The molecule has 0 spiro atoms. The van der Waals surface area contributed by atoms with E-state index in [4.69, 9.17) is 16.0 Å². The van der Waals surface area contributed by atoms with E-state index < -0.39 is 5.63 Å². The molecule has 0 aliphatic carbocycles. The zero-order chi connectivity index (χ0) is 20.4. The van der Waals surface area contributed by atoms with Crippen molar-refractivity contribution in [1.82, 2.24) is 4.90 Å². The molecule has 3 aromatic rings. The van der Waals surface area contributed by atoms with E-state index in [1.54, 1.807) is 12.1 Å². The number of amides is 1. The van der Waals surface area contributed by atoms with Crippen LogP contribution in [0.1, 0.15) is 22.3 Å². The van der Waals surface area contributed by atoms with Crippen molar-refractivity contribution in [2.45, 2.75) is 27.3 Å². The van der Waals surface area contributed by atoms with Gasteiger partial charge in [0.05, 0.1) is 6.54 Å². The minimum atomic E-state index is -0.419. The van der Waals surface area contributed by atoms with Crippen molar-refractivity contribution in [2.24, 2.45) is 0 Å². The summed E-state index contributed by atoms with van der Waals surface area (Å²) in [6.45, 7) is 6.40. The molecule has 0 atom stereocenters. The van der Waals surface area contributed by atoms with Gasteiger partial charge >= 0.3 is 5.63 Å². The third-order valence-corrected chi connectivity index (χ3v) is 5.12. The van der Waals surface area contributed by atoms with Gasteiger partial charge in [-0.3, -0.25) is 9.69 Å². The van der Waals surface area contributed by atoms with Gasteiger partial charge in [-0.2, -0.15) is 0 Å². The molecule has 146 valence electrons. The molecule has 0 bridgehead atoms. The van der Waals surface area contributed by atoms with E-state index in [-0.39, 0.29) is 12.5 Å². The number of hydrogen-bond acceptors (Lipinski definition) is 4. The average molecular weight is 399 g/mol. The van der Waals surface area contributed by atoms with Gasteiger partial charge < -0.3 is 9.73 Å². The smallest absolute Gasteiger partial charge is 0.336 e. The number of fused-ring (bicyclic) bond motifs is 1. The summed E-state index contributed by atoms with van der Waals surface area (Å²) in [5, 5.41) is 4.36. The number of carbonyl (C=O) groups is 1. The lowest BCUT2D eigenvalue weighted by Gasteiger charge is -2.18. The van der Waals surface area contributed by atoms with Crippen molar-refractivity contribution in [3.63, 3.8) is 0 Å². The second-order valence-electron chi connectivity index (χ2n) is 7.18. The first-order chi connectivity index (χ1) is 13.2. The fraction of sp³-hybridized carbons (Fsp3) is 0.273. The van der Waals surface area contributed by atoms with E-state index in [1.807, 2.05) is 50.9 Å². The molecule has 28 heavy (non-hydrogen) atoms. The third kappa shape index (κ3) is 4.43. The maximum absolute atomic E-state index is 12.5. The molecule has 0 saturated carbocycles. The Kier molecular flexibility index (Phi) is 5.87. The number of carbonyl (C=O) groups excluding carboxylic acids is 1. The minimum Gasteiger partial charge on any atom is -0.423 e. The molecule has 0 radical (unpaired) electrons. The largest absolute Gasteiger partial charge is 0.423 e. The number of halogens is 1. The van der Waals surface area contributed by atoms with Crippen LogP contribution in [-0.4, -0.2) is 24.4 Å². The predicted molar refractivity (Wildman–Crippen MR) is 113 cm³/mol. The molecule has 0 unspecified atom stereocenters. The lowest BCUT2D eigenvalue weighted by molar-refractivity contribution is -0.117. The number of aryl methyl sites for hydroxylation is 3. The molecule has 0 aliphatic rings. The summed E-state index contributed by atoms with van der Waals surface area (Å²) in [4.78, 5) is 26.3. The molecule has 1 aromatic heterocycles. The molecule has 5 nitrogen and oxygen atoms in total. The van der Waals surface area contributed by atoms with Gasteiger partial charge in [0.2, 0.25) is 5.91 Å². The first-order valence-electron chi connectivity index (χ1n) is 9.02. The van der Waals surface area contributed by atoms with Crippen LogP contribution in [0.4, 0.5) is 5.69 Å². The van der Waals surface area contributed by atoms with E-state index in [2.05, 4.69) is 5.32 Å². The van der Waals surface area contributed by atoms with Gasteiger partial charge in [-0.15, -0.1) is 0 Å². The fourth-order valence-corrected chi connectivity index (χ4v) is 3.43. The highest BCUT2D eigenvalue weighted by atomic mass is 35.5. The van der Waals surface area contributed by atoms with Gasteiger partial charge in [0.1, 0.15) is 5.58 Å². The number of likely N-dealkylation sites (N-methyl/N-ethyl adjacent to an activating group) is 1. The number of nitrogens with zero attached hydrogens (tertiary/aromatic N) is 1. The topological polar surface area (TPSA) is 62.6 Å². The summed E-state index contributed by atoms with van der Waals surface area (Å²) < 4.78 is 5.29. The van der Waals surface area contributed by atoms with Crippen molar-refractivity contribution in [1.29, 1.82) is 0 Å². The Morgan fingerprint density at radius 2 is 1.79 bits per heavy atom. The molecule has 0 aliphatic heterocycles. The monoisotopic (exact) mass is 398 g/mol. The Morgan fingerprint density at radius 1 is 1.11 bits per heavy atom.